The molecule has 7 heteroatoms. The third kappa shape index (κ3) is 4.27. The zero-order valence-corrected chi connectivity index (χ0v) is 24.9. The van der Waals surface area contributed by atoms with Gasteiger partial charge in [-0.2, -0.15) is 5.10 Å². The fourth-order valence-corrected chi connectivity index (χ4v) is 6.58. The topological polar surface area (TPSA) is 44.2 Å². The Morgan fingerprint density at radius 3 is 1.93 bits per heavy atom. The Balaban J connectivity index is 1.64. The molecule has 3 aromatic carbocycles. The van der Waals surface area contributed by atoms with Crippen molar-refractivity contribution in [3.8, 4) is 11.5 Å². The van der Waals surface area contributed by atoms with Crippen LogP contribution in [0.5, 0.6) is 11.5 Å². The molecular weight excluding hydrogens is 526 g/mol. The summed E-state index contributed by atoms with van der Waals surface area (Å²) in [5.41, 5.74) is 6.35. The molecule has 2 aliphatic rings. The van der Waals surface area contributed by atoms with Crippen molar-refractivity contribution >= 4 is 34.8 Å². The SMILES string of the molecule is CCN(CC)c1ccc2c(c1)Oc1cc(N(CC)CC)ccc1C21c2ccccc2C(=S)N1/N=C/c1ccccn1. The zero-order chi connectivity index (χ0) is 28.6. The molecule has 0 amide bonds. The van der Waals surface area contributed by atoms with Gasteiger partial charge in [-0.25, -0.2) is 5.01 Å². The highest BCUT2D eigenvalue weighted by Crippen LogP contribution is 2.58. The molecular formula is C34H35N5OS. The van der Waals surface area contributed by atoms with Crippen molar-refractivity contribution in [1.82, 2.24) is 9.99 Å². The monoisotopic (exact) mass is 561 g/mol. The first-order chi connectivity index (χ1) is 20.1. The third-order valence-corrected chi connectivity index (χ3v) is 8.63. The zero-order valence-electron chi connectivity index (χ0n) is 24.0. The molecule has 0 N–H and O–H groups in total. The lowest BCUT2D eigenvalue weighted by atomic mass is 9.75. The van der Waals surface area contributed by atoms with E-state index in [9.17, 15) is 0 Å². The lowest BCUT2D eigenvalue weighted by Crippen LogP contribution is -2.44. The first-order valence-corrected chi connectivity index (χ1v) is 14.8. The van der Waals surface area contributed by atoms with Gasteiger partial charge in [0.15, 0.2) is 0 Å². The van der Waals surface area contributed by atoms with E-state index < -0.39 is 5.54 Å². The molecule has 6 nitrogen and oxygen atoms in total. The molecule has 0 bridgehead atoms. The Bertz CT molecular complexity index is 1550. The number of aromatic nitrogens is 1. The van der Waals surface area contributed by atoms with Crippen LogP contribution < -0.4 is 14.5 Å². The lowest BCUT2D eigenvalue weighted by Gasteiger charge is -2.43. The summed E-state index contributed by atoms with van der Waals surface area (Å²) in [4.78, 5) is 9.83. The van der Waals surface area contributed by atoms with Crippen molar-refractivity contribution in [3.63, 3.8) is 0 Å². The molecule has 0 radical (unpaired) electrons. The van der Waals surface area contributed by atoms with Gasteiger partial charge in [-0.1, -0.05) is 54.7 Å². The first kappa shape index (κ1) is 27.0. The summed E-state index contributed by atoms with van der Waals surface area (Å²) >= 11 is 6.17. The molecule has 208 valence electrons. The van der Waals surface area contributed by atoms with Crippen LogP contribution in [0.2, 0.25) is 0 Å². The largest absolute Gasteiger partial charge is 0.456 e. The maximum atomic E-state index is 6.80. The van der Waals surface area contributed by atoms with Crippen molar-refractivity contribution in [2.75, 3.05) is 36.0 Å². The molecule has 0 fully saturated rings. The highest BCUT2D eigenvalue weighted by Gasteiger charge is 2.55. The first-order valence-electron chi connectivity index (χ1n) is 14.4. The number of anilines is 2. The number of nitrogens with zero attached hydrogens (tertiary/aromatic N) is 5. The Hall–Kier alpha value is -4.23. The molecule has 0 saturated carbocycles. The van der Waals surface area contributed by atoms with Gasteiger partial charge in [-0.05, 0) is 57.5 Å². The van der Waals surface area contributed by atoms with E-state index in [1.54, 1.807) is 12.4 Å². The van der Waals surface area contributed by atoms with Crippen LogP contribution >= 0.6 is 12.2 Å². The molecule has 0 atom stereocenters. The van der Waals surface area contributed by atoms with Gasteiger partial charge in [0.2, 0.25) is 0 Å². The molecule has 41 heavy (non-hydrogen) atoms. The van der Waals surface area contributed by atoms with Crippen LogP contribution in [0.3, 0.4) is 0 Å². The predicted molar refractivity (Wildman–Crippen MR) is 172 cm³/mol. The van der Waals surface area contributed by atoms with Gasteiger partial charge in [0.05, 0.1) is 11.9 Å². The number of pyridine rings is 1. The van der Waals surface area contributed by atoms with E-state index in [4.69, 9.17) is 22.1 Å². The molecule has 4 aromatic rings. The summed E-state index contributed by atoms with van der Waals surface area (Å²) in [6.07, 6.45) is 3.57. The van der Waals surface area contributed by atoms with Crippen molar-refractivity contribution in [2.24, 2.45) is 5.10 Å². The fraction of sp³-hybridized carbons (Fsp3) is 0.265. The number of hydrogen-bond donors (Lipinski definition) is 0. The number of fused-ring (bicyclic) bond motifs is 6. The summed E-state index contributed by atoms with van der Waals surface area (Å²) < 4.78 is 6.80. The molecule has 1 spiro atoms. The van der Waals surface area contributed by atoms with E-state index in [1.807, 2.05) is 29.3 Å². The van der Waals surface area contributed by atoms with E-state index in [0.29, 0.717) is 4.99 Å². The molecule has 2 aliphatic heterocycles. The number of benzene rings is 3. The van der Waals surface area contributed by atoms with Crippen LogP contribution in [0.15, 0.2) is 90.2 Å². The predicted octanol–water partition coefficient (Wildman–Crippen LogP) is 7.20. The van der Waals surface area contributed by atoms with E-state index in [2.05, 4.69) is 97.1 Å². The second-order valence-electron chi connectivity index (χ2n) is 10.2. The van der Waals surface area contributed by atoms with Crippen LogP contribution in [0.1, 0.15) is 55.6 Å². The highest BCUT2D eigenvalue weighted by atomic mass is 32.1. The molecule has 3 heterocycles. The van der Waals surface area contributed by atoms with Gasteiger partial charge in [0, 0.05) is 72.6 Å². The van der Waals surface area contributed by atoms with Crippen molar-refractivity contribution in [2.45, 2.75) is 33.2 Å². The van der Waals surface area contributed by atoms with Gasteiger partial charge < -0.3 is 14.5 Å². The minimum atomic E-state index is -0.800. The van der Waals surface area contributed by atoms with Crippen LogP contribution in [0.4, 0.5) is 11.4 Å². The average Bonchev–Trinajstić information content (AvgIpc) is 3.25. The number of hydrogen-bond acceptors (Lipinski definition) is 6. The van der Waals surface area contributed by atoms with Crippen LogP contribution in [-0.4, -0.2) is 47.4 Å². The Morgan fingerprint density at radius 1 is 0.780 bits per heavy atom. The molecule has 1 aromatic heterocycles. The number of thiocarbonyl (C=S) groups is 1. The normalized spacial score (nSPS) is 14.5. The lowest BCUT2D eigenvalue weighted by molar-refractivity contribution is 0.269. The van der Waals surface area contributed by atoms with Gasteiger partial charge in [-0.3, -0.25) is 4.98 Å². The molecule has 0 unspecified atom stereocenters. The standard InChI is InChI=1S/C34H35N5OS/c1-5-37(6-2)25-16-18-29-31(21-25)40-32-22-26(38(7-3)8-4)17-19-30(32)34(29)28-15-10-9-14-27(28)33(41)39(34)36-23-24-13-11-12-20-35-24/h9-23H,5-8H2,1-4H3/b36-23+. The van der Waals surface area contributed by atoms with E-state index in [0.717, 1.165) is 77.0 Å². The third-order valence-electron chi connectivity index (χ3n) is 8.24. The second kappa shape index (κ2) is 11.0. The maximum absolute atomic E-state index is 6.80. The van der Waals surface area contributed by atoms with Crippen LogP contribution in [-0.2, 0) is 5.54 Å². The summed E-state index contributed by atoms with van der Waals surface area (Å²) in [5.74, 6) is 1.63. The number of ether oxygens (including phenoxy) is 1. The second-order valence-corrected chi connectivity index (χ2v) is 10.6. The smallest absolute Gasteiger partial charge is 0.147 e. The van der Waals surface area contributed by atoms with Gasteiger partial charge in [-0.15, -0.1) is 0 Å². The molecule has 0 saturated heterocycles. The Kier molecular flexibility index (Phi) is 7.22. The Labute approximate surface area is 247 Å². The van der Waals surface area contributed by atoms with Crippen LogP contribution in [0.25, 0.3) is 0 Å². The minimum Gasteiger partial charge on any atom is -0.456 e. The quantitative estimate of drug-likeness (QED) is 0.168. The van der Waals surface area contributed by atoms with Gasteiger partial charge in [0.25, 0.3) is 0 Å². The van der Waals surface area contributed by atoms with E-state index in [1.165, 1.54) is 0 Å². The highest BCUT2D eigenvalue weighted by molar-refractivity contribution is 7.80. The van der Waals surface area contributed by atoms with Crippen molar-refractivity contribution in [3.05, 3.63) is 113 Å². The average molecular weight is 562 g/mol. The summed E-state index contributed by atoms with van der Waals surface area (Å²) in [6, 6.07) is 27.3. The fourth-order valence-electron chi connectivity index (χ4n) is 6.22. The summed E-state index contributed by atoms with van der Waals surface area (Å²) in [7, 11) is 0. The molecule has 0 aliphatic carbocycles. The summed E-state index contributed by atoms with van der Waals surface area (Å²) in [5, 5.41) is 7.07. The minimum absolute atomic E-state index is 0.673. The number of hydrazone groups is 1. The number of rotatable bonds is 8. The van der Waals surface area contributed by atoms with Gasteiger partial charge >= 0.3 is 0 Å². The van der Waals surface area contributed by atoms with Crippen molar-refractivity contribution < 1.29 is 4.74 Å². The van der Waals surface area contributed by atoms with Gasteiger partial charge in [0.1, 0.15) is 22.0 Å². The van der Waals surface area contributed by atoms with Crippen molar-refractivity contribution in [1.29, 1.82) is 0 Å². The molecule has 6 rings (SSSR count). The van der Waals surface area contributed by atoms with E-state index >= 15 is 0 Å². The summed E-state index contributed by atoms with van der Waals surface area (Å²) in [6.45, 7) is 12.4. The van der Waals surface area contributed by atoms with E-state index in [-0.39, 0.29) is 0 Å². The maximum Gasteiger partial charge on any atom is 0.147 e. The Morgan fingerprint density at radius 2 is 1.37 bits per heavy atom. The van der Waals surface area contributed by atoms with Crippen LogP contribution in [0, 0.1) is 0 Å².